The Hall–Kier alpha value is -0.550. The van der Waals surface area contributed by atoms with Gasteiger partial charge in [-0.05, 0) is 12.5 Å². The van der Waals surface area contributed by atoms with Crippen LogP contribution in [-0.4, -0.2) is 36.7 Å². The van der Waals surface area contributed by atoms with Crippen LogP contribution in [0.4, 0.5) is 0 Å². The summed E-state index contributed by atoms with van der Waals surface area (Å²) in [6.07, 6.45) is -1.34. The molecule has 1 aliphatic rings. The van der Waals surface area contributed by atoms with Gasteiger partial charge in [-0.2, -0.15) is 0 Å². The molecule has 1 N–H and O–H groups in total. The number of hydrogen-bond donors (Lipinski definition) is 1. The normalized spacial score (nSPS) is 30.7. The van der Waals surface area contributed by atoms with Gasteiger partial charge in [-0.25, -0.2) is 9.05 Å². The predicted octanol–water partition coefficient (Wildman–Crippen LogP) is 1.12. The molecule has 1 aliphatic heterocycles. The van der Waals surface area contributed by atoms with Crippen molar-refractivity contribution >= 4 is 7.94 Å². The first-order valence-corrected chi connectivity index (χ1v) is 8.07. The fourth-order valence-electron chi connectivity index (χ4n) is 1.95. The molecule has 0 radical (unpaired) electrons. The Balaban J connectivity index is 1.77. The predicted molar refractivity (Wildman–Crippen MR) is 70.4 cm³/mol. The van der Waals surface area contributed by atoms with Crippen LogP contribution in [0.1, 0.15) is 12.5 Å². The molecule has 1 saturated heterocycles. The van der Waals surface area contributed by atoms with Crippen LogP contribution < -0.4 is 4.89 Å². The molecule has 1 aromatic carbocycles. The van der Waals surface area contributed by atoms with Gasteiger partial charge in [0.05, 0.1) is 19.8 Å². The van der Waals surface area contributed by atoms with Crippen molar-refractivity contribution in [1.82, 2.24) is 0 Å². The van der Waals surface area contributed by atoms with E-state index in [0.717, 1.165) is 5.56 Å². The van der Waals surface area contributed by atoms with E-state index in [1.54, 1.807) is 6.92 Å². The van der Waals surface area contributed by atoms with E-state index in [-0.39, 0.29) is 12.8 Å². The Bertz CT molecular complexity index is 388. The van der Waals surface area contributed by atoms with Crippen molar-refractivity contribution in [3.05, 3.63) is 35.9 Å². The number of benzene rings is 1. The van der Waals surface area contributed by atoms with Crippen molar-refractivity contribution in [3.63, 3.8) is 0 Å². The molecule has 5 nitrogen and oxygen atoms in total. The lowest BCUT2D eigenvalue weighted by molar-refractivity contribution is -0.218. The van der Waals surface area contributed by atoms with Gasteiger partial charge in [0.1, 0.15) is 12.3 Å². The minimum Gasteiger partial charge on any atom is -0.631 e. The lowest BCUT2D eigenvalue weighted by Gasteiger charge is -2.21. The Morgan fingerprint density at radius 3 is 2.84 bits per heavy atom. The van der Waals surface area contributed by atoms with E-state index in [2.05, 4.69) is 0 Å². The monoisotopic (exact) mass is 286 g/mol. The molecule has 0 aromatic heterocycles. The molecule has 0 amide bonds. The molecule has 0 spiro atoms. The lowest BCUT2D eigenvalue weighted by atomic mass is 10.2. The van der Waals surface area contributed by atoms with Crippen LogP contribution in [0.25, 0.3) is 0 Å². The smallest absolute Gasteiger partial charge is 0.241 e. The molecule has 1 aromatic rings. The minimum atomic E-state index is -3.12. The highest BCUT2D eigenvalue weighted by Gasteiger charge is 2.48. The Labute approximate surface area is 113 Å². The van der Waals surface area contributed by atoms with Crippen LogP contribution >= 0.6 is 7.94 Å². The highest BCUT2D eigenvalue weighted by molar-refractivity contribution is 7.59. The molecule has 6 heteroatoms. The third-order valence-electron chi connectivity index (χ3n) is 2.86. The summed E-state index contributed by atoms with van der Waals surface area (Å²) in [6.45, 7) is 2.69. The summed E-state index contributed by atoms with van der Waals surface area (Å²) in [7, 11) is -3.12. The number of aliphatic hydroxyl groups is 1. The third kappa shape index (κ3) is 4.21. The van der Waals surface area contributed by atoms with Crippen molar-refractivity contribution in [2.45, 2.75) is 25.7 Å². The van der Waals surface area contributed by atoms with E-state index in [4.69, 9.17) is 13.8 Å². The molecule has 106 valence electrons. The van der Waals surface area contributed by atoms with Crippen molar-refractivity contribution in [3.8, 4) is 0 Å². The molecule has 1 unspecified atom stereocenters. The van der Waals surface area contributed by atoms with Crippen LogP contribution in [0.3, 0.4) is 0 Å². The van der Waals surface area contributed by atoms with E-state index in [9.17, 15) is 10.00 Å². The number of hydrogen-bond acceptors (Lipinski definition) is 5. The summed E-state index contributed by atoms with van der Waals surface area (Å²) >= 11 is 0. The van der Waals surface area contributed by atoms with Gasteiger partial charge >= 0.3 is 0 Å². The van der Waals surface area contributed by atoms with Gasteiger partial charge in [0.25, 0.3) is 0 Å². The van der Waals surface area contributed by atoms with Crippen LogP contribution in [0.5, 0.6) is 0 Å². The van der Waals surface area contributed by atoms with Gasteiger partial charge in [0, 0.05) is 0 Å². The maximum atomic E-state index is 12.0. The molecule has 2 rings (SSSR count). The minimum absolute atomic E-state index is 0.0419. The van der Waals surface area contributed by atoms with Gasteiger partial charge in [-0.15, -0.1) is 0 Å². The van der Waals surface area contributed by atoms with Crippen molar-refractivity contribution in [2.24, 2.45) is 0 Å². The largest absolute Gasteiger partial charge is 0.631 e. The Morgan fingerprint density at radius 2 is 2.16 bits per heavy atom. The molecule has 3 atom stereocenters. The Kier molecular flexibility index (Phi) is 5.28. The Morgan fingerprint density at radius 1 is 1.42 bits per heavy atom. The topological polar surface area (TPSA) is 71.0 Å². The zero-order valence-corrected chi connectivity index (χ0v) is 11.8. The SMILES string of the molecule is CCO[P+]1([O-])C[C@H](O)[C@@H](COCc2ccccc2)O1. The fraction of sp³-hybridized carbons (Fsp3) is 0.538. The highest BCUT2D eigenvalue weighted by Crippen LogP contribution is 2.58. The second-order valence-electron chi connectivity index (χ2n) is 4.42. The summed E-state index contributed by atoms with van der Waals surface area (Å²) in [5, 5.41) is 9.79. The average Bonchev–Trinajstić information content (AvgIpc) is 2.66. The number of aliphatic hydroxyl groups excluding tert-OH is 1. The summed E-state index contributed by atoms with van der Waals surface area (Å²) in [4.78, 5) is 12.0. The van der Waals surface area contributed by atoms with E-state index in [1.807, 2.05) is 30.3 Å². The van der Waals surface area contributed by atoms with Crippen molar-refractivity contribution < 1.29 is 23.8 Å². The third-order valence-corrected chi connectivity index (χ3v) is 4.92. The number of ether oxygens (including phenoxy) is 1. The highest BCUT2D eigenvalue weighted by atomic mass is 31.2. The number of rotatable bonds is 6. The van der Waals surface area contributed by atoms with Crippen LogP contribution in [0, 0.1) is 0 Å². The lowest BCUT2D eigenvalue weighted by Crippen LogP contribution is -2.27. The molecule has 1 fully saturated rings. The zero-order valence-electron chi connectivity index (χ0n) is 10.9. The first-order chi connectivity index (χ1) is 9.13. The van der Waals surface area contributed by atoms with Crippen LogP contribution in [-0.2, 0) is 20.4 Å². The average molecular weight is 286 g/mol. The summed E-state index contributed by atoms with van der Waals surface area (Å²) in [5.41, 5.74) is 1.04. The van der Waals surface area contributed by atoms with E-state index < -0.39 is 20.2 Å². The summed E-state index contributed by atoms with van der Waals surface area (Å²) in [5.74, 6) is 0. The first kappa shape index (κ1) is 14.9. The van der Waals surface area contributed by atoms with Gasteiger partial charge in [-0.1, -0.05) is 30.3 Å². The second-order valence-corrected chi connectivity index (χ2v) is 6.48. The van der Waals surface area contributed by atoms with Gasteiger partial charge < -0.3 is 14.7 Å². The van der Waals surface area contributed by atoms with Crippen LogP contribution in [0.15, 0.2) is 30.3 Å². The maximum Gasteiger partial charge on any atom is 0.241 e. The molecule has 0 aliphatic carbocycles. The van der Waals surface area contributed by atoms with Crippen molar-refractivity contribution in [1.29, 1.82) is 0 Å². The quantitative estimate of drug-likeness (QED) is 0.794. The van der Waals surface area contributed by atoms with E-state index in [0.29, 0.717) is 13.2 Å². The zero-order chi connectivity index (χ0) is 13.7. The van der Waals surface area contributed by atoms with E-state index in [1.165, 1.54) is 0 Å². The summed E-state index contributed by atoms with van der Waals surface area (Å²) < 4.78 is 15.9. The molecule has 19 heavy (non-hydrogen) atoms. The van der Waals surface area contributed by atoms with Gasteiger partial charge in [0.15, 0.2) is 6.10 Å². The molecule has 0 saturated carbocycles. The maximum absolute atomic E-state index is 12.0. The fourth-order valence-corrected chi connectivity index (χ4v) is 3.91. The van der Waals surface area contributed by atoms with Crippen LogP contribution in [0.2, 0.25) is 0 Å². The molecule has 1 heterocycles. The first-order valence-electron chi connectivity index (χ1n) is 6.35. The molecule has 0 bridgehead atoms. The molecular weight excluding hydrogens is 267 g/mol. The van der Waals surface area contributed by atoms with Gasteiger partial charge in [-0.3, -0.25) is 0 Å². The van der Waals surface area contributed by atoms with Crippen molar-refractivity contribution in [2.75, 3.05) is 19.4 Å². The summed E-state index contributed by atoms with van der Waals surface area (Å²) in [6, 6.07) is 9.71. The standard InChI is InChI=1S/C13H19O5P/c1-2-17-19(15)10-12(14)13(18-19)9-16-8-11-6-4-3-5-7-11/h3-7,12-14H,2,8-10H2,1H3/t12-,13+,19?/m0/s1. The van der Waals surface area contributed by atoms with E-state index >= 15 is 0 Å². The molecular formula is C13H19O5P. The second kappa shape index (κ2) is 6.75. The van der Waals surface area contributed by atoms with Gasteiger partial charge in [0.2, 0.25) is 7.94 Å².